The first-order chi connectivity index (χ1) is 13.9. The maximum atomic E-state index is 9.71. The first-order valence-corrected chi connectivity index (χ1v) is 10.1. The van der Waals surface area contributed by atoms with Crippen LogP contribution in [0, 0.1) is 25.2 Å². The average molecular weight is 384 g/mol. The van der Waals surface area contributed by atoms with E-state index < -0.39 is 0 Å². The fourth-order valence-corrected chi connectivity index (χ4v) is 4.25. The molecule has 1 atom stereocenters. The van der Waals surface area contributed by atoms with Gasteiger partial charge >= 0.3 is 0 Å². The van der Waals surface area contributed by atoms with Gasteiger partial charge in [-0.15, -0.1) is 0 Å². The second-order valence-electron chi connectivity index (χ2n) is 8.04. The fourth-order valence-electron chi connectivity index (χ4n) is 4.25. The van der Waals surface area contributed by atoms with Gasteiger partial charge in [-0.3, -0.25) is 0 Å². The van der Waals surface area contributed by atoms with Crippen LogP contribution in [-0.2, 0) is 0 Å². The Kier molecular flexibility index (Phi) is 4.76. The van der Waals surface area contributed by atoms with Crippen LogP contribution >= 0.6 is 0 Å². The molecule has 2 heterocycles. The van der Waals surface area contributed by atoms with Gasteiger partial charge in [-0.25, -0.2) is 0 Å². The summed E-state index contributed by atoms with van der Waals surface area (Å²) in [5.74, 6) is 0. The van der Waals surface area contributed by atoms with Crippen LogP contribution in [0.3, 0.4) is 0 Å². The van der Waals surface area contributed by atoms with Gasteiger partial charge < -0.3 is 9.80 Å². The number of pyridine rings is 1. The zero-order valence-corrected chi connectivity index (χ0v) is 17.7. The van der Waals surface area contributed by atoms with Crippen molar-refractivity contribution in [2.45, 2.75) is 46.8 Å². The first kappa shape index (κ1) is 19.0. The number of fused-ring (bicyclic) bond motifs is 1. The van der Waals surface area contributed by atoms with E-state index in [2.05, 4.69) is 104 Å². The van der Waals surface area contributed by atoms with E-state index >= 15 is 0 Å². The largest absolute Gasteiger partial charge is 0.353 e. The van der Waals surface area contributed by atoms with E-state index in [1.54, 1.807) is 0 Å². The minimum atomic E-state index is 0.207. The molecule has 0 amide bonds. The normalized spacial score (nSPS) is 16.1. The molecular formula is C25H27N4+. The third kappa shape index (κ3) is 3.23. The number of benzene rings is 2. The van der Waals surface area contributed by atoms with Crippen LogP contribution in [-0.4, -0.2) is 17.1 Å². The Bertz CT molecular complexity index is 1150. The predicted octanol–water partition coefficient (Wildman–Crippen LogP) is 4.95. The number of hydrogen-bond acceptors (Lipinski definition) is 3. The van der Waals surface area contributed by atoms with Crippen molar-refractivity contribution in [3.63, 3.8) is 0 Å². The predicted molar refractivity (Wildman–Crippen MR) is 118 cm³/mol. The van der Waals surface area contributed by atoms with Crippen molar-refractivity contribution >= 4 is 16.5 Å². The lowest BCUT2D eigenvalue weighted by atomic mass is 10.0. The van der Waals surface area contributed by atoms with Crippen LogP contribution in [0.5, 0.6) is 0 Å². The molecule has 1 aliphatic heterocycles. The first-order valence-electron chi connectivity index (χ1n) is 10.1. The van der Waals surface area contributed by atoms with Crippen LogP contribution in [0.2, 0.25) is 0 Å². The van der Waals surface area contributed by atoms with E-state index in [1.807, 2.05) is 12.1 Å². The molecule has 29 heavy (non-hydrogen) atoms. The molecule has 0 saturated heterocycles. The van der Waals surface area contributed by atoms with Gasteiger partial charge in [0.05, 0.1) is 17.3 Å². The minimum absolute atomic E-state index is 0.207. The van der Waals surface area contributed by atoms with Crippen LogP contribution < -0.4 is 9.47 Å². The maximum absolute atomic E-state index is 9.71. The topological polar surface area (TPSA) is 34.1 Å². The van der Waals surface area contributed by atoms with Gasteiger partial charge in [-0.2, -0.15) is 9.83 Å². The van der Waals surface area contributed by atoms with Crippen molar-refractivity contribution in [1.82, 2.24) is 4.90 Å². The Labute approximate surface area is 172 Å². The minimum Gasteiger partial charge on any atom is -0.353 e. The average Bonchev–Trinajstić information content (AvgIpc) is 3.09. The van der Waals surface area contributed by atoms with Gasteiger partial charge in [0, 0.05) is 48.4 Å². The third-order valence-corrected chi connectivity index (χ3v) is 5.86. The Morgan fingerprint density at radius 2 is 1.76 bits per heavy atom. The van der Waals surface area contributed by atoms with E-state index in [9.17, 15) is 5.26 Å². The van der Waals surface area contributed by atoms with Crippen molar-refractivity contribution in [1.29, 1.82) is 5.26 Å². The van der Waals surface area contributed by atoms with E-state index in [0.29, 0.717) is 11.6 Å². The van der Waals surface area contributed by atoms with E-state index in [-0.39, 0.29) is 6.17 Å². The molecule has 0 bridgehead atoms. The SMILES string of the molecule is Cc1c(N2C=CN(C(C)C)[C@H]2C)cc(C#N)cc1-[n+]1cc2ccccc2cc1C. The summed E-state index contributed by atoms with van der Waals surface area (Å²) in [6, 6.07) is 17.3. The summed E-state index contributed by atoms with van der Waals surface area (Å²) >= 11 is 0. The summed E-state index contributed by atoms with van der Waals surface area (Å²) in [5.41, 5.74) is 5.09. The molecule has 0 saturated carbocycles. The van der Waals surface area contributed by atoms with Crippen molar-refractivity contribution in [2.24, 2.45) is 0 Å². The zero-order valence-electron chi connectivity index (χ0n) is 17.7. The maximum Gasteiger partial charge on any atom is 0.217 e. The highest BCUT2D eigenvalue weighted by Gasteiger charge is 2.28. The van der Waals surface area contributed by atoms with E-state index in [1.165, 1.54) is 10.8 Å². The van der Waals surface area contributed by atoms with Crippen LogP contribution in [0.25, 0.3) is 16.5 Å². The number of nitrogens with zero attached hydrogens (tertiary/aromatic N) is 4. The van der Waals surface area contributed by atoms with Crippen molar-refractivity contribution in [3.05, 3.63) is 77.9 Å². The monoisotopic (exact) mass is 383 g/mol. The number of nitriles is 1. The molecule has 0 spiro atoms. The van der Waals surface area contributed by atoms with Crippen LogP contribution in [0.4, 0.5) is 5.69 Å². The van der Waals surface area contributed by atoms with Gasteiger partial charge in [0.1, 0.15) is 6.17 Å². The second-order valence-corrected chi connectivity index (χ2v) is 8.04. The van der Waals surface area contributed by atoms with Crippen molar-refractivity contribution in [3.8, 4) is 11.8 Å². The van der Waals surface area contributed by atoms with Crippen LogP contribution in [0.15, 0.2) is 61.1 Å². The molecule has 0 N–H and O–H groups in total. The Hall–Kier alpha value is -3.32. The van der Waals surface area contributed by atoms with E-state index in [0.717, 1.165) is 22.6 Å². The van der Waals surface area contributed by atoms with E-state index in [4.69, 9.17) is 0 Å². The molecule has 4 rings (SSSR count). The Balaban J connectivity index is 1.89. The number of rotatable bonds is 3. The smallest absolute Gasteiger partial charge is 0.217 e. The Morgan fingerprint density at radius 3 is 2.41 bits per heavy atom. The number of hydrogen-bond donors (Lipinski definition) is 0. The van der Waals surface area contributed by atoms with Gasteiger partial charge in [-0.1, -0.05) is 18.2 Å². The summed E-state index contributed by atoms with van der Waals surface area (Å²) in [6.07, 6.45) is 6.64. The molecule has 2 aromatic carbocycles. The summed E-state index contributed by atoms with van der Waals surface area (Å²) in [5, 5.41) is 12.1. The van der Waals surface area contributed by atoms with Crippen molar-refractivity contribution < 1.29 is 4.57 Å². The van der Waals surface area contributed by atoms with Gasteiger partial charge in [0.25, 0.3) is 0 Å². The summed E-state index contributed by atoms with van der Waals surface area (Å²) in [4.78, 5) is 4.59. The second kappa shape index (κ2) is 7.25. The third-order valence-electron chi connectivity index (χ3n) is 5.86. The molecule has 1 aromatic heterocycles. The lowest BCUT2D eigenvalue weighted by Crippen LogP contribution is -2.40. The molecular weight excluding hydrogens is 356 g/mol. The Morgan fingerprint density at radius 1 is 1.03 bits per heavy atom. The number of aryl methyl sites for hydroxylation is 1. The lowest BCUT2D eigenvalue weighted by molar-refractivity contribution is -0.601. The van der Waals surface area contributed by atoms with Crippen LogP contribution in [0.1, 0.15) is 37.6 Å². The summed E-state index contributed by atoms with van der Waals surface area (Å²) < 4.78 is 2.20. The molecule has 1 aliphatic rings. The number of anilines is 1. The molecule has 0 unspecified atom stereocenters. The molecule has 4 nitrogen and oxygen atoms in total. The lowest BCUT2D eigenvalue weighted by Gasteiger charge is -2.33. The molecule has 0 aliphatic carbocycles. The zero-order chi connectivity index (χ0) is 20.7. The highest BCUT2D eigenvalue weighted by Crippen LogP contribution is 2.32. The van der Waals surface area contributed by atoms with Gasteiger partial charge in [0.2, 0.25) is 5.69 Å². The fraction of sp³-hybridized carbons (Fsp3) is 0.280. The van der Waals surface area contributed by atoms with Gasteiger partial charge in [-0.05, 0) is 45.2 Å². The van der Waals surface area contributed by atoms with Crippen molar-refractivity contribution in [2.75, 3.05) is 4.90 Å². The molecule has 3 aromatic rings. The van der Waals surface area contributed by atoms with Gasteiger partial charge in [0.15, 0.2) is 11.9 Å². The quantitative estimate of drug-likeness (QED) is 0.600. The molecule has 146 valence electrons. The highest BCUT2D eigenvalue weighted by atomic mass is 15.4. The molecule has 4 heteroatoms. The number of aromatic nitrogens is 1. The standard InChI is InChI=1S/C25H27N4/c1-17(2)27-10-11-28(20(27)5)24-13-21(15-26)14-25(19(24)4)29-16-23-9-7-6-8-22(23)12-18(29)3/h6-14,16-17,20H,1-5H3/q+1/t20-/m1/s1. The summed E-state index contributed by atoms with van der Waals surface area (Å²) in [7, 11) is 0. The summed E-state index contributed by atoms with van der Waals surface area (Å²) in [6.45, 7) is 10.9. The molecule has 0 radical (unpaired) electrons. The molecule has 0 fully saturated rings. The highest BCUT2D eigenvalue weighted by molar-refractivity contribution is 5.81.